The normalized spacial score (nSPS) is 26.7. The van der Waals surface area contributed by atoms with Crippen LogP contribution in [0.5, 0.6) is 5.75 Å². The van der Waals surface area contributed by atoms with Crippen molar-refractivity contribution in [3.8, 4) is 5.75 Å². The zero-order valence-corrected chi connectivity index (χ0v) is 19.4. The van der Waals surface area contributed by atoms with E-state index in [1.54, 1.807) is 12.1 Å². The van der Waals surface area contributed by atoms with Crippen LogP contribution in [-0.2, 0) is 14.8 Å². The third-order valence-corrected chi connectivity index (χ3v) is 7.38. The number of nitrogens with zero attached hydrogens (tertiary/aromatic N) is 2. The molecule has 0 amide bonds. The van der Waals surface area contributed by atoms with E-state index in [4.69, 9.17) is 4.74 Å². The smallest absolute Gasteiger partial charge is 0.208 e. The van der Waals surface area contributed by atoms with Gasteiger partial charge in [-0.15, -0.1) is 0 Å². The van der Waals surface area contributed by atoms with Gasteiger partial charge in [-0.25, -0.2) is 18.1 Å². The molecule has 0 radical (unpaired) electrons. The Morgan fingerprint density at radius 2 is 1.84 bits per heavy atom. The Hall–Kier alpha value is -2.16. The lowest BCUT2D eigenvalue weighted by molar-refractivity contribution is -0.00213. The SMILES string of the molecule is CS(=O)(=O)N[C@H]1CCN(c2ccc(O)cn2)C[C@H]1COC1CCC(c2ccccc2)CC1. The Bertz CT molecular complexity index is 960. The van der Waals surface area contributed by atoms with Crippen LogP contribution in [0.4, 0.5) is 5.82 Å². The molecule has 8 heteroatoms. The molecule has 1 saturated carbocycles. The summed E-state index contributed by atoms with van der Waals surface area (Å²) < 4.78 is 33.0. The number of aromatic hydroxyl groups is 1. The van der Waals surface area contributed by atoms with Gasteiger partial charge in [0.25, 0.3) is 0 Å². The van der Waals surface area contributed by atoms with Crippen LogP contribution in [0, 0.1) is 5.92 Å². The number of rotatable bonds is 7. The highest BCUT2D eigenvalue weighted by Gasteiger charge is 2.33. The maximum atomic E-state index is 11.9. The number of anilines is 1. The molecule has 0 spiro atoms. The molecule has 7 nitrogen and oxygen atoms in total. The van der Waals surface area contributed by atoms with Crippen LogP contribution < -0.4 is 9.62 Å². The maximum Gasteiger partial charge on any atom is 0.208 e. The van der Waals surface area contributed by atoms with Crippen LogP contribution in [0.2, 0.25) is 0 Å². The van der Waals surface area contributed by atoms with Gasteiger partial charge in [-0.1, -0.05) is 30.3 Å². The van der Waals surface area contributed by atoms with Crippen molar-refractivity contribution in [1.82, 2.24) is 9.71 Å². The molecule has 1 aromatic carbocycles. The summed E-state index contributed by atoms with van der Waals surface area (Å²) in [4.78, 5) is 6.46. The lowest BCUT2D eigenvalue weighted by Crippen LogP contribution is -2.52. The van der Waals surface area contributed by atoms with Gasteiger partial charge in [-0.3, -0.25) is 0 Å². The number of ether oxygens (including phenoxy) is 1. The van der Waals surface area contributed by atoms with Crippen molar-refractivity contribution in [2.75, 3.05) is 30.9 Å². The quantitative estimate of drug-likeness (QED) is 0.660. The van der Waals surface area contributed by atoms with Crippen molar-refractivity contribution in [3.05, 3.63) is 54.2 Å². The largest absolute Gasteiger partial charge is 0.506 e. The molecule has 1 saturated heterocycles. The molecular formula is C24H33N3O4S. The monoisotopic (exact) mass is 459 g/mol. The molecule has 1 aliphatic carbocycles. The summed E-state index contributed by atoms with van der Waals surface area (Å²) in [7, 11) is -3.30. The molecule has 1 aromatic heterocycles. The van der Waals surface area contributed by atoms with Crippen LogP contribution in [0.1, 0.15) is 43.6 Å². The second-order valence-corrected chi connectivity index (χ2v) is 10.9. The Morgan fingerprint density at radius 3 is 2.50 bits per heavy atom. The van der Waals surface area contributed by atoms with Gasteiger partial charge in [0, 0.05) is 25.0 Å². The number of nitrogens with one attached hydrogen (secondary N) is 1. The van der Waals surface area contributed by atoms with Crippen molar-refractivity contribution < 1.29 is 18.3 Å². The molecule has 1 aliphatic heterocycles. The summed E-state index contributed by atoms with van der Waals surface area (Å²) in [6, 6.07) is 13.9. The Morgan fingerprint density at radius 1 is 1.09 bits per heavy atom. The van der Waals surface area contributed by atoms with E-state index < -0.39 is 10.0 Å². The Labute approximate surface area is 190 Å². The molecule has 2 heterocycles. The van der Waals surface area contributed by atoms with Gasteiger partial charge < -0.3 is 14.7 Å². The first-order valence-electron chi connectivity index (χ1n) is 11.4. The maximum absolute atomic E-state index is 11.9. The zero-order chi connectivity index (χ0) is 22.6. The van der Waals surface area contributed by atoms with E-state index in [-0.39, 0.29) is 23.8 Å². The molecule has 0 bridgehead atoms. The average molecular weight is 460 g/mol. The summed E-state index contributed by atoms with van der Waals surface area (Å²) in [5.74, 6) is 1.55. The third kappa shape index (κ3) is 6.21. The van der Waals surface area contributed by atoms with Gasteiger partial charge in [0.2, 0.25) is 10.0 Å². The molecule has 0 unspecified atom stereocenters. The van der Waals surface area contributed by atoms with E-state index in [0.29, 0.717) is 32.0 Å². The van der Waals surface area contributed by atoms with Crippen LogP contribution in [0.3, 0.4) is 0 Å². The van der Waals surface area contributed by atoms with Crippen LogP contribution in [0.25, 0.3) is 0 Å². The fourth-order valence-electron chi connectivity index (χ4n) is 4.95. The van der Waals surface area contributed by atoms with Crippen LogP contribution in [-0.4, -0.2) is 56.6 Å². The third-order valence-electron chi connectivity index (χ3n) is 6.65. The minimum atomic E-state index is -3.30. The first kappa shape index (κ1) is 23.0. The Balaban J connectivity index is 1.35. The zero-order valence-electron chi connectivity index (χ0n) is 18.6. The second kappa shape index (κ2) is 10.2. The van der Waals surface area contributed by atoms with Crippen molar-refractivity contribution >= 4 is 15.8 Å². The Kier molecular flexibility index (Phi) is 7.33. The predicted octanol–water partition coefficient (Wildman–Crippen LogP) is 3.27. The standard InChI is InChI=1S/C24H33N3O4S/c1-32(29,30)26-23-13-14-27(24-12-9-21(28)15-25-24)16-20(23)17-31-22-10-7-19(8-11-22)18-5-3-2-4-6-18/h2-6,9,12,15,19-20,22-23,26,28H,7-8,10-11,13-14,16-17H2,1H3/t19?,20-,22?,23-/m0/s1. The van der Waals surface area contributed by atoms with E-state index in [1.165, 1.54) is 18.0 Å². The summed E-state index contributed by atoms with van der Waals surface area (Å²) in [5, 5.41) is 9.52. The molecule has 32 heavy (non-hydrogen) atoms. The van der Waals surface area contributed by atoms with E-state index in [9.17, 15) is 13.5 Å². The number of pyridine rings is 1. The first-order chi connectivity index (χ1) is 15.4. The fraction of sp³-hybridized carbons (Fsp3) is 0.542. The molecule has 2 atom stereocenters. The van der Waals surface area contributed by atoms with E-state index in [2.05, 4.69) is 44.9 Å². The van der Waals surface area contributed by atoms with E-state index in [1.807, 2.05) is 0 Å². The highest BCUT2D eigenvalue weighted by molar-refractivity contribution is 7.88. The van der Waals surface area contributed by atoms with Gasteiger partial charge in [-0.2, -0.15) is 0 Å². The van der Waals surface area contributed by atoms with Gasteiger partial charge in [-0.05, 0) is 55.7 Å². The predicted molar refractivity (Wildman–Crippen MR) is 125 cm³/mol. The lowest BCUT2D eigenvalue weighted by Gasteiger charge is -2.40. The first-order valence-corrected chi connectivity index (χ1v) is 13.3. The minimum Gasteiger partial charge on any atom is -0.506 e. The molecule has 2 fully saturated rings. The summed E-state index contributed by atoms with van der Waals surface area (Å²) in [6.07, 6.45) is 7.85. The lowest BCUT2D eigenvalue weighted by atomic mass is 9.82. The van der Waals surface area contributed by atoms with Crippen LogP contribution >= 0.6 is 0 Å². The number of aromatic nitrogens is 1. The fourth-order valence-corrected chi connectivity index (χ4v) is 5.81. The van der Waals surface area contributed by atoms with E-state index >= 15 is 0 Å². The molecule has 2 aliphatic rings. The highest BCUT2D eigenvalue weighted by Crippen LogP contribution is 2.34. The molecule has 4 rings (SSSR count). The van der Waals surface area contributed by atoms with Crippen molar-refractivity contribution in [2.24, 2.45) is 5.92 Å². The van der Waals surface area contributed by atoms with Crippen molar-refractivity contribution in [1.29, 1.82) is 0 Å². The van der Waals surface area contributed by atoms with Crippen molar-refractivity contribution in [2.45, 2.75) is 50.2 Å². The van der Waals surface area contributed by atoms with Crippen molar-refractivity contribution in [3.63, 3.8) is 0 Å². The molecule has 2 aromatic rings. The molecular weight excluding hydrogens is 426 g/mol. The van der Waals surface area contributed by atoms with Gasteiger partial charge >= 0.3 is 0 Å². The minimum absolute atomic E-state index is 0.0286. The van der Waals surface area contributed by atoms with Crippen LogP contribution in [0.15, 0.2) is 48.7 Å². The topological polar surface area (TPSA) is 91.8 Å². The van der Waals surface area contributed by atoms with Gasteiger partial charge in [0.05, 0.1) is 25.2 Å². The van der Waals surface area contributed by atoms with E-state index in [0.717, 1.165) is 31.5 Å². The second-order valence-electron chi connectivity index (χ2n) is 9.08. The van der Waals surface area contributed by atoms with Gasteiger partial charge in [0.15, 0.2) is 0 Å². The summed E-state index contributed by atoms with van der Waals surface area (Å²) >= 11 is 0. The number of hydrogen-bond acceptors (Lipinski definition) is 6. The number of sulfonamides is 1. The summed E-state index contributed by atoms with van der Waals surface area (Å²) in [5.41, 5.74) is 1.41. The number of hydrogen-bond donors (Lipinski definition) is 2. The number of piperidine rings is 1. The summed E-state index contributed by atoms with van der Waals surface area (Å²) in [6.45, 7) is 1.87. The highest BCUT2D eigenvalue weighted by atomic mass is 32.2. The molecule has 174 valence electrons. The number of benzene rings is 1. The molecule has 2 N–H and O–H groups in total. The van der Waals surface area contributed by atoms with Gasteiger partial charge in [0.1, 0.15) is 11.6 Å². The average Bonchev–Trinajstić information content (AvgIpc) is 2.79.